The summed E-state index contributed by atoms with van der Waals surface area (Å²) in [5.41, 5.74) is 1.13. The molecular weight excluding hydrogens is 226 g/mol. The van der Waals surface area contributed by atoms with E-state index in [0.29, 0.717) is 22.2 Å². The Bertz CT molecular complexity index is 514. The van der Waals surface area contributed by atoms with E-state index in [0.717, 1.165) is 0 Å². The SMILES string of the molecule is COc1ccccc1-c1nc(Cl)ccc1O. The molecule has 2 aromatic rings. The molecule has 0 unspecified atom stereocenters. The highest BCUT2D eigenvalue weighted by Gasteiger charge is 2.11. The average molecular weight is 236 g/mol. The summed E-state index contributed by atoms with van der Waals surface area (Å²) in [7, 11) is 1.57. The zero-order chi connectivity index (χ0) is 11.5. The molecule has 4 heteroatoms. The van der Waals surface area contributed by atoms with Gasteiger partial charge < -0.3 is 9.84 Å². The maximum Gasteiger partial charge on any atom is 0.142 e. The first kappa shape index (κ1) is 10.8. The minimum atomic E-state index is 0.0777. The van der Waals surface area contributed by atoms with Gasteiger partial charge in [0.25, 0.3) is 0 Å². The summed E-state index contributed by atoms with van der Waals surface area (Å²) in [6.07, 6.45) is 0. The fourth-order valence-electron chi connectivity index (χ4n) is 1.47. The molecule has 0 aliphatic heterocycles. The molecule has 0 atom stereocenters. The Labute approximate surface area is 98.3 Å². The lowest BCUT2D eigenvalue weighted by Gasteiger charge is -2.08. The highest BCUT2D eigenvalue weighted by Crippen LogP contribution is 2.34. The Morgan fingerprint density at radius 2 is 1.94 bits per heavy atom. The van der Waals surface area contributed by atoms with E-state index in [2.05, 4.69) is 4.98 Å². The second-order valence-electron chi connectivity index (χ2n) is 3.20. The van der Waals surface area contributed by atoms with E-state index in [-0.39, 0.29) is 5.75 Å². The van der Waals surface area contributed by atoms with Crippen LogP contribution in [0, 0.1) is 0 Å². The van der Waals surface area contributed by atoms with Crippen molar-refractivity contribution in [2.24, 2.45) is 0 Å². The topological polar surface area (TPSA) is 42.4 Å². The first-order valence-corrected chi connectivity index (χ1v) is 5.09. The Hall–Kier alpha value is -1.74. The fraction of sp³-hybridized carbons (Fsp3) is 0.0833. The number of pyridine rings is 1. The van der Waals surface area contributed by atoms with Crippen LogP contribution in [-0.4, -0.2) is 17.2 Å². The molecule has 1 aromatic carbocycles. The number of para-hydroxylation sites is 1. The molecule has 0 radical (unpaired) electrons. The van der Waals surface area contributed by atoms with Gasteiger partial charge in [0.05, 0.1) is 7.11 Å². The summed E-state index contributed by atoms with van der Waals surface area (Å²) in [4.78, 5) is 4.09. The zero-order valence-corrected chi connectivity index (χ0v) is 9.40. The summed E-state index contributed by atoms with van der Waals surface area (Å²) < 4.78 is 5.20. The molecule has 0 saturated carbocycles. The van der Waals surface area contributed by atoms with Crippen molar-refractivity contribution in [1.82, 2.24) is 4.98 Å². The van der Waals surface area contributed by atoms with E-state index in [1.807, 2.05) is 18.2 Å². The summed E-state index contributed by atoms with van der Waals surface area (Å²) in [5.74, 6) is 0.724. The summed E-state index contributed by atoms with van der Waals surface area (Å²) >= 11 is 5.80. The minimum Gasteiger partial charge on any atom is -0.506 e. The van der Waals surface area contributed by atoms with E-state index >= 15 is 0 Å². The quantitative estimate of drug-likeness (QED) is 0.814. The maximum atomic E-state index is 9.73. The molecule has 0 amide bonds. The van der Waals surface area contributed by atoms with Gasteiger partial charge in [0, 0.05) is 5.56 Å². The number of rotatable bonds is 2. The van der Waals surface area contributed by atoms with Crippen LogP contribution in [0.3, 0.4) is 0 Å². The van der Waals surface area contributed by atoms with Crippen molar-refractivity contribution in [2.45, 2.75) is 0 Å². The Morgan fingerprint density at radius 1 is 1.19 bits per heavy atom. The third kappa shape index (κ3) is 1.95. The largest absolute Gasteiger partial charge is 0.506 e. The van der Waals surface area contributed by atoms with Crippen LogP contribution in [-0.2, 0) is 0 Å². The number of halogens is 1. The van der Waals surface area contributed by atoms with Gasteiger partial charge in [-0.05, 0) is 24.3 Å². The number of nitrogens with zero attached hydrogens (tertiary/aromatic N) is 1. The van der Waals surface area contributed by atoms with Gasteiger partial charge >= 0.3 is 0 Å². The van der Waals surface area contributed by atoms with Crippen LogP contribution in [0.4, 0.5) is 0 Å². The lowest BCUT2D eigenvalue weighted by Crippen LogP contribution is -1.90. The Kier molecular flexibility index (Phi) is 2.97. The maximum absolute atomic E-state index is 9.73. The fourth-order valence-corrected chi connectivity index (χ4v) is 1.61. The second kappa shape index (κ2) is 4.41. The van der Waals surface area contributed by atoms with Crippen LogP contribution in [0.25, 0.3) is 11.3 Å². The Balaban J connectivity index is 2.62. The van der Waals surface area contributed by atoms with E-state index in [9.17, 15) is 5.11 Å². The monoisotopic (exact) mass is 235 g/mol. The van der Waals surface area contributed by atoms with Crippen molar-refractivity contribution in [3.8, 4) is 22.8 Å². The molecule has 1 aromatic heterocycles. The lowest BCUT2D eigenvalue weighted by molar-refractivity contribution is 0.415. The number of methoxy groups -OCH3 is 1. The van der Waals surface area contributed by atoms with Gasteiger partial charge in [-0.15, -0.1) is 0 Å². The van der Waals surface area contributed by atoms with E-state index in [1.54, 1.807) is 13.2 Å². The van der Waals surface area contributed by atoms with Crippen molar-refractivity contribution in [1.29, 1.82) is 0 Å². The number of hydrogen-bond donors (Lipinski definition) is 1. The van der Waals surface area contributed by atoms with Crippen LogP contribution < -0.4 is 4.74 Å². The van der Waals surface area contributed by atoms with Crippen molar-refractivity contribution in [3.63, 3.8) is 0 Å². The predicted molar refractivity (Wildman–Crippen MR) is 62.9 cm³/mol. The smallest absolute Gasteiger partial charge is 0.142 e. The van der Waals surface area contributed by atoms with Crippen LogP contribution in [0.15, 0.2) is 36.4 Å². The molecule has 0 spiro atoms. The molecule has 3 nitrogen and oxygen atoms in total. The summed E-state index contributed by atoms with van der Waals surface area (Å²) in [5, 5.41) is 10.1. The number of ether oxygens (including phenoxy) is 1. The van der Waals surface area contributed by atoms with Crippen LogP contribution in [0.2, 0.25) is 5.15 Å². The summed E-state index contributed by atoms with van der Waals surface area (Å²) in [6.45, 7) is 0. The van der Waals surface area contributed by atoms with Crippen molar-refractivity contribution in [3.05, 3.63) is 41.6 Å². The number of benzene rings is 1. The molecule has 0 saturated heterocycles. The highest BCUT2D eigenvalue weighted by molar-refractivity contribution is 6.29. The molecule has 2 rings (SSSR count). The molecule has 1 N–H and O–H groups in total. The molecule has 0 aliphatic rings. The number of hydrogen-bond acceptors (Lipinski definition) is 3. The standard InChI is InChI=1S/C12H10ClNO2/c1-16-10-5-3-2-4-8(10)12-9(15)6-7-11(13)14-12/h2-7,15H,1H3. The molecule has 82 valence electrons. The van der Waals surface area contributed by atoms with E-state index in [4.69, 9.17) is 16.3 Å². The van der Waals surface area contributed by atoms with Gasteiger partial charge in [0.2, 0.25) is 0 Å². The molecule has 0 fully saturated rings. The second-order valence-corrected chi connectivity index (χ2v) is 3.59. The van der Waals surface area contributed by atoms with E-state index in [1.165, 1.54) is 12.1 Å². The van der Waals surface area contributed by atoms with Gasteiger partial charge in [0.15, 0.2) is 0 Å². The molecule has 16 heavy (non-hydrogen) atoms. The van der Waals surface area contributed by atoms with Gasteiger partial charge in [-0.25, -0.2) is 4.98 Å². The lowest BCUT2D eigenvalue weighted by atomic mass is 10.1. The number of aromatic nitrogens is 1. The van der Waals surface area contributed by atoms with Gasteiger partial charge in [-0.1, -0.05) is 23.7 Å². The van der Waals surface area contributed by atoms with Crippen molar-refractivity contribution in [2.75, 3.05) is 7.11 Å². The van der Waals surface area contributed by atoms with Crippen LogP contribution in [0.1, 0.15) is 0 Å². The van der Waals surface area contributed by atoms with Gasteiger partial charge in [-0.3, -0.25) is 0 Å². The number of aromatic hydroxyl groups is 1. The molecule has 1 heterocycles. The molecule has 0 aliphatic carbocycles. The minimum absolute atomic E-state index is 0.0777. The third-order valence-electron chi connectivity index (χ3n) is 2.20. The predicted octanol–water partition coefficient (Wildman–Crippen LogP) is 3.12. The van der Waals surface area contributed by atoms with Gasteiger partial charge in [0.1, 0.15) is 22.3 Å². The average Bonchev–Trinajstić information content (AvgIpc) is 2.32. The zero-order valence-electron chi connectivity index (χ0n) is 8.64. The van der Waals surface area contributed by atoms with Crippen molar-refractivity contribution >= 4 is 11.6 Å². The normalized spacial score (nSPS) is 10.1. The van der Waals surface area contributed by atoms with E-state index < -0.39 is 0 Å². The Morgan fingerprint density at radius 3 is 2.69 bits per heavy atom. The first-order valence-electron chi connectivity index (χ1n) is 4.71. The summed E-state index contributed by atoms with van der Waals surface area (Å²) in [6, 6.07) is 10.4. The molecule has 0 bridgehead atoms. The molecular formula is C12H10ClNO2. The van der Waals surface area contributed by atoms with Crippen molar-refractivity contribution < 1.29 is 9.84 Å². The first-order chi connectivity index (χ1) is 7.72. The third-order valence-corrected chi connectivity index (χ3v) is 2.41. The van der Waals surface area contributed by atoms with Crippen LogP contribution >= 0.6 is 11.6 Å². The van der Waals surface area contributed by atoms with Gasteiger partial charge in [-0.2, -0.15) is 0 Å². The highest BCUT2D eigenvalue weighted by atomic mass is 35.5. The van der Waals surface area contributed by atoms with Crippen LogP contribution in [0.5, 0.6) is 11.5 Å².